The molecule has 0 unspecified atom stereocenters. The summed E-state index contributed by atoms with van der Waals surface area (Å²) in [6.45, 7) is 0.896. The van der Waals surface area contributed by atoms with E-state index in [1.54, 1.807) is 11.0 Å². The third-order valence-corrected chi connectivity index (χ3v) is 4.47. The van der Waals surface area contributed by atoms with Crippen molar-refractivity contribution < 1.29 is 19.2 Å². The first-order valence-corrected chi connectivity index (χ1v) is 6.52. The van der Waals surface area contributed by atoms with Crippen molar-refractivity contribution >= 4 is 11.9 Å². The van der Waals surface area contributed by atoms with Crippen molar-refractivity contribution in [2.75, 3.05) is 13.1 Å². The van der Waals surface area contributed by atoms with Crippen molar-refractivity contribution in [2.24, 2.45) is 11.3 Å². The smallest absolute Gasteiger partial charge is 0.311 e. The third-order valence-electron chi connectivity index (χ3n) is 4.47. The van der Waals surface area contributed by atoms with Crippen molar-refractivity contribution in [3.05, 3.63) is 18.0 Å². The zero-order valence-electron chi connectivity index (χ0n) is 10.5. The minimum Gasteiger partial charge on any atom is -0.481 e. The lowest BCUT2D eigenvalue weighted by atomic mass is 9.81. The number of carboxylic acids is 1. The Hall–Kier alpha value is -1.85. The molecule has 6 heteroatoms. The van der Waals surface area contributed by atoms with E-state index < -0.39 is 11.4 Å². The lowest BCUT2D eigenvalue weighted by Crippen LogP contribution is -2.37. The molecule has 3 rings (SSSR count). The Morgan fingerprint density at radius 2 is 2.42 bits per heavy atom. The number of fused-ring (bicyclic) bond motifs is 1. The molecule has 0 radical (unpaired) electrons. The molecule has 6 nitrogen and oxygen atoms in total. The first-order valence-electron chi connectivity index (χ1n) is 6.52. The molecule has 1 aliphatic carbocycles. The third kappa shape index (κ3) is 1.91. The fraction of sp³-hybridized carbons (Fsp3) is 0.615. The van der Waals surface area contributed by atoms with E-state index in [1.807, 2.05) is 0 Å². The fourth-order valence-corrected chi connectivity index (χ4v) is 3.42. The second-order valence-corrected chi connectivity index (χ2v) is 5.49. The molecule has 2 heterocycles. The second-order valence-electron chi connectivity index (χ2n) is 5.49. The number of hydrogen-bond acceptors (Lipinski definition) is 4. The number of likely N-dealkylation sites (tertiary alicyclic amines) is 1. The molecule has 1 amide bonds. The Bertz CT molecular complexity index is 499. The molecule has 2 atom stereocenters. The Balaban J connectivity index is 1.71. The first kappa shape index (κ1) is 12.2. The molecule has 102 valence electrons. The highest BCUT2D eigenvalue weighted by molar-refractivity contribution is 5.82. The van der Waals surface area contributed by atoms with Gasteiger partial charge in [0.15, 0.2) is 0 Å². The number of aliphatic carboxylic acids is 1. The summed E-state index contributed by atoms with van der Waals surface area (Å²) in [5.74, 6) is -0.720. The number of carbonyl (C=O) groups is 2. The molecular formula is C13H16N2O4. The Morgan fingerprint density at radius 3 is 3.05 bits per heavy atom. The maximum absolute atomic E-state index is 12.2. The summed E-state index contributed by atoms with van der Waals surface area (Å²) in [4.78, 5) is 25.4. The molecule has 2 aliphatic rings. The molecule has 19 heavy (non-hydrogen) atoms. The standard InChI is InChI=1S/C13H16N2O4/c16-11(6-10-3-5-19-14-10)15-7-9-2-1-4-13(9,8-15)12(17)18/h3,5,9H,1-2,4,6-8H2,(H,17,18)/t9-,13+/m0/s1. The molecule has 2 fully saturated rings. The van der Waals surface area contributed by atoms with E-state index in [0.29, 0.717) is 25.2 Å². The number of carboxylic acid groups (broad SMARTS) is 1. The Kier molecular flexibility index (Phi) is 2.80. The number of amides is 1. The van der Waals surface area contributed by atoms with Gasteiger partial charge in [0.1, 0.15) is 6.26 Å². The minimum atomic E-state index is -0.758. The summed E-state index contributed by atoms with van der Waals surface area (Å²) >= 11 is 0. The van der Waals surface area contributed by atoms with Crippen molar-refractivity contribution in [3.8, 4) is 0 Å². The Morgan fingerprint density at radius 1 is 1.58 bits per heavy atom. The maximum atomic E-state index is 12.2. The van der Waals surface area contributed by atoms with Gasteiger partial charge in [0.2, 0.25) is 5.91 Å². The number of hydrogen-bond donors (Lipinski definition) is 1. The van der Waals surface area contributed by atoms with Crippen LogP contribution >= 0.6 is 0 Å². The zero-order chi connectivity index (χ0) is 13.5. The molecule has 1 saturated heterocycles. The topological polar surface area (TPSA) is 83.6 Å². The summed E-state index contributed by atoms with van der Waals surface area (Å²) in [6.07, 6.45) is 4.14. The van der Waals surface area contributed by atoms with Crippen LogP contribution in [0.2, 0.25) is 0 Å². The van der Waals surface area contributed by atoms with Gasteiger partial charge in [0, 0.05) is 19.2 Å². The van der Waals surface area contributed by atoms with E-state index >= 15 is 0 Å². The van der Waals surface area contributed by atoms with Crippen LogP contribution < -0.4 is 0 Å². The van der Waals surface area contributed by atoms with Crippen LogP contribution in [0.3, 0.4) is 0 Å². The van der Waals surface area contributed by atoms with Crippen LogP contribution in [0.4, 0.5) is 0 Å². The molecule has 1 N–H and O–H groups in total. The van der Waals surface area contributed by atoms with Gasteiger partial charge in [-0.25, -0.2) is 0 Å². The minimum absolute atomic E-state index is 0.0658. The highest BCUT2D eigenvalue weighted by Crippen LogP contribution is 2.48. The zero-order valence-corrected chi connectivity index (χ0v) is 10.5. The summed E-state index contributed by atoms with van der Waals surface area (Å²) in [7, 11) is 0. The first-order chi connectivity index (χ1) is 9.12. The summed E-state index contributed by atoms with van der Waals surface area (Å²) in [6, 6.07) is 1.65. The summed E-state index contributed by atoms with van der Waals surface area (Å²) in [5, 5.41) is 13.2. The highest BCUT2D eigenvalue weighted by Gasteiger charge is 2.55. The van der Waals surface area contributed by atoms with Crippen molar-refractivity contribution in [1.82, 2.24) is 10.1 Å². The predicted octanol–water partition coefficient (Wildman–Crippen LogP) is 0.930. The van der Waals surface area contributed by atoms with Crippen LogP contribution in [-0.2, 0) is 16.0 Å². The molecule has 0 spiro atoms. The molecular weight excluding hydrogens is 248 g/mol. The Labute approximate surface area is 110 Å². The average molecular weight is 264 g/mol. The van der Waals surface area contributed by atoms with Crippen molar-refractivity contribution in [3.63, 3.8) is 0 Å². The molecule has 0 bridgehead atoms. The van der Waals surface area contributed by atoms with Crippen LogP contribution in [0.5, 0.6) is 0 Å². The van der Waals surface area contributed by atoms with Gasteiger partial charge in [0.05, 0.1) is 17.5 Å². The number of nitrogens with zero attached hydrogens (tertiary/aromatic N) is 2. The normalized spacial score (nSPS) is 29.5. The van der Waals surface area contributed by atoms with Crippen LogP contribution in [0.25, 0.3) is 0 Å². The van der Waals surface area contributed by atoms with Gasteiger partial charge in [-0.3, -0.25) is 9.59 Å². The monoisotopic (exact) mass is 264 g/mol. The van der Waals surface area contributed by atoms with E-state index in [4.69, 9.17) is 4.52 Å². The van der Waals surface area contributed by atoms with Gasteiger partial charge >= 0.3 is 5.97 Å². The second kappa shape index (κ2) is 4.36. The molecule has 1 saturated carbocycles. The van der Waals surface area contributed by atoms with E-state index in [2.05, 4.69) is 5.16 Å². The molecule has 1 aromatic rings. The number of rotatable bonds is 3. The fourth-order valence-electron chi connectivity index (χ4n) is 3.42. The van der Waals surface area contributed by atoms with Crippen LogP contribution in [0.15, 0.2) is 16.9 Å². The molecule has 0 aromatic carbocycles. The van der Waals surface area contributed by atoms with Gasteiger partial charge in [0.25, 0.3) is 0 Å². The average Bonchev–Trinajstić information content (AvgIpc) is 3.01. The van der Waals surface area contributed by atoms with Gasteiger partial charge in [-0.2, -0.15) is 0 Å². The maximum Gasteiger partial charge on any atom is 0.311 e. The quantitative estimate of drug-likeness (QED) is 0.878. The summed E-state index contributed by atoms with van der Waals surface area (Å²) < 4.78 is 4.70. The van der Waals surface area contributed by atoms with E-state index in [1.165, 1.54) is 6.26 Å². The van der Waals surface area contributed by atoms with Crippen LogP contribution in [0.1, 0.15) is 25.0 Å². The number of aromatic nitrogens is 1. The van der Waals surface area contributed by atoms with E-state index in [9.17, 15) is 14.7 Å². The lowest BCUT2D eigenvalue weighted by molar-refractivity contribution is -0.149. The largest absolute Gasteiger partial charge is 0.481 e. The van der Waals surface area contributed by atoms with Crippen molar-refractivity contribution in [2.45, 2.75) is 25.7 Å². The van der Waals surface area contributed by atoms with Crippen LogP contribution in [0, 0.1) is 11.3 Å². The van der Waals surface area contributed by atoms with Gasteiger partial charge in [-0.15, -0.1) is 0 Å². The molecule has 1 aromatic heterocycles. The predicted molar refractivity (Wildman–Crippen MR) is 64.2 cm³/mol. The summed E-state index contributed by atoms with van der Waals surface area (Å²) in [5.41, 5.74) is -0.120. The van der Waals surface area contributed by atoms with Gasteiger partial charge in [-0.1, -0.05) is 11.6 Å². The van der Waals surface area contributed by atoms with Crippen molar-refractivity contribution in [1.29, 1.82) is 0 Å². The highest BCUT2D eigenvalue weighted by atomic mass is 16.5. The van der Waals surface area contributed by atoms with Gasteiger partial charge in [-0.05, 0) is 18.8 Å². The van der Waals surface area contributed by atoms with Crippen LogP contribution in [-0.4, -0.2) is 40.1 Å². The van der Waals surface area contributed by atoms with E-state index in [-0.39, 0.29) is 18.2 Å². The lowest BCUT2D eigenvalue weighted by Gasteiger charge is -2.23. The van der Waals surface area contributed by atoms with E-state index in [0.717, 1.165) is 12.8 Å². The SMILES string of the molecule is O=C(Cc1ccon1)N1C[C@@H]2CCC[C@@]2(C(=O)O)C1. The van der Waals surface area contributed by atoms with Gasteiger partial charge < -0.3 is 14.5 Å². The molecule has 1 aliphatic heterocycles. The number of carbonyl (C=O) groups excluding carboxylic acids is 1.